The van der Waals surface area contributed by atoms with Crippen molar-refractivity contribution in [2.45, 2.75) is 12.1 Å². The Morgan fingerprint density at radius 1 is 0.926 bits per heavy atom. The van der Waals surface area contributed by atoms with Crippen LogP contribution < -0.4 is 9.80 Å². The van der Waals surface area contributed by atoms with Gasteiger partial charge in [0.15, 0.2) is 9.84 Å². The van der Waals surface area contributed by atoms with E-state index in [1.165, 1.54) is 34.1 Å². The first-order valence-electron chi connectivity index (χ1n) is 8.10. The summed E-state index contributed by atoms with van der Waals surface area (Å²) >= 11 is 3.35. The third-order valence-electron chi connectivity index (χ3n) is 4.81. The Hall–Kier alpha value is -2.46. The minimum Gasteiger partial charge on any atom is -0.288 e. The van der Waals surface area contributed by atoms with E-state index in [2.05, 4.69) is 15.9 Å². The summed E-state index contributed by atoms with van der Waals surface area (Å²) < 4.78 is 25.3. The summed E-state index contributed by atoms with van der Waals surface area (Å²) in [5, 5.41) is 10.9. The Morgan fingerprint density at radius 2 is 1.37 bits per heavy atom. The molecule has 0 aromatic heterocycles. The Bertz CT molecular complexity index is 1020. The standard InChI is InChI=1S/C17H14BrN3O5S/c18-11-1-3-12(4-2-11)19-15-9-27(25,26)10-16(15)20(17(19)22)13-5-7-14(8-6-13)21(23)24/h1-8,15-16H,9-10H2/t15-,16+/m1/s1. The molecule has 0 N–H and O–H groups in total. The second-order valence-corrected chi connectivity index (χ2v) is 9.55. The number of rotatable bonds is 3. The molecule has 27 heavy (non-hydrogen) atoms. The Labute approximate surface area is 163 Å². The molecule has 2 aliphatic rings. The number of sulfone groups is 1. The van der Waals surface area contributed by atoms with Crippen LogP contribution in [0.1, 0.15) is 0 Å². The van der Waals surface area contributed by atoms with Gasteiger partial charge in [-0.15, -0.1) is 0 Å². The summed E-state index contributed by atoms with van der Waals surface area (Å²) in [5.74, 6) is -0.240. The van der Waals surface area contributed by atoms with E-state index >= 15 is 0 Å². The fraction of sp³-hybridized carbons (Fsp3) is 0.235. The van der Waals surface area contributed by atoms with Crippen LogP contribution in [0.25, 0.3) is 0 Å². The van der Waals surface area contributed by atoms with Gasteiger partial charge in [0, 0.05) is 28.0 Å². The first-order valence-corrected chi connectivity index (χ1v) is 10.7. The summed E-state index contributed by atoms with van der Waals surface area (Å²) in [7, 11) is -3.29. The summed E-state index contributed by atoms with van der Waals surface area (Å²) in [5.41, 5.74) is 0.961. The van der Waals surface area contributed by atoms with Crippen LogP contribution in [0.15, 0.2) is 53.0 Å². The van der Waals surface area contributed by atoms with Crippen molar-refractivity contribution in [3.05, 3.63) is 63.1 Å². The van der Waals surface area contributed by atoms with Crippen molar-refractivity contribution in [3.8, 4) is 0 Å². The molecule has 2 aromatic carbocycles. The molecule has 2 saturated heterocycles. The molecule has 0 aliphatic carbocycles. The average molecular weight is 452 g/mol. The third kappa shape index (κ3) is 3.08. The van der Waals surface area contributed by atoms with Crippen molar-refractivity contribution < 1.29 is 18.1 Å². The van der Waals surface area contributed by atoms with Crippen molar-refractivity contribution in [3.63, 3.8) is 0 Å². The number of anilines is 2. The molecule has 2 heterocycles. The molecule has 0 saturated carbocycles. The third-order valence-corrected chi connectivity index (χ3v) is 7.04. The zero-order valence-electron chi connectivity index (χ0n) is 13.9. The molecule has 2 atom stereocenters. The van der Waals surface area contributed by atoms with Crippen LogP contribution in [-0.2, 0) is 9.84 Å². The molecular weight excluding hydrogens is 438 g/mol. The van der Waals surface area contributed by atoms with E-state index in [0.29, 0.717) is 11.4 Å². The van der Waals surface area contributed by atoms with Gasteiger partial charge in [0.25, 0.3) is 5.69 Å². The number of carbonyl (C=O) groups is 1. The van der Waals surface area contributed by atoms with Crippen LogP contribution in [0.4, 0.5) is 21.9 Å². The van der Waals surface area contributed by atoms with Gasteiger partial charge in [-0.05, 0) is 36.4 Å². The average Bonchev–Trinajstić information content (AvgIpc) is 3.05. The highest BCUT2D eigenvalue weighted by Gasteiger charge is 2.54. The van der Waals surface area contributed by atoms with Crippen molar-refractivity contribution in [2.75, 3.05) is 21.3 Å². The normalized spacial score (nSPS) is 23.5. The largest absolute Gasteiger partial charge is 0.329 e. The van der Waals surface area contributed by atoms with Gasteiger partial charge in [-0.2, -0.15) is 0 Å². The first-order chi connectivity index (χ1) is 12.8. The number of benzene rings is 2. The van der Waals surface area contributed by atoms with Gasteiger partial charge in [0.2, 0.25) is 0 Å². The number of hydrogen-bond donors (Lipinski definition) is 0. The number of nitro groups is 1. The van der Waals surface area contributed by atoms with E-state index in [9.17, 15) is 23.3 Å². The van der Waals surface area contributed by atoms with Gasteiger partial charge in [0.05, 0.1) is 28.5 Å². The molecule has 2 amide bonds. The Balaban J connectivity index is 1.76. The first kappa shape index (κ1) is 17.9. The number of nitrogens with zero attached hydrogens (tertiary/aromatic N) is 3. The predicted octanol–water partition coefficient (Wildman–Crippen LogP) is 2.97. The van der Waals surface area contributed by atoms with E-state index in [-0.39, 0.29) is 23.2 Å². The highest BCUT2D eigenvalue weighted by molar-refractivity contribution is 9.10. The van der Waals surface area contributed by atoms with Gasteiger partial charge in [-0.1, -0.05) is 15.9 Å². The number of urea groups is 1. The second kappa shape index (κ2) is 6.31. The van der Waals surface area contributed by atoms with Gasteiger partial charge < -0.3 is 0 Å². The summed E-state index contributed by atoms with van der Waals surface area (Å²) in [6.45, 7) is 0. The molecule has 140 valence electrons. The number of amides is 2. The zero-order valence-corrected chi connectivity index (χ0v) is 16.3. The monoisotopic (exact) mass is 451 g/mol. The van der Waals surface area contributed by atoms with Crippen molar-refractivity contribution in [2.24, 2.45) is 0 Å². The number of carbonyl (C=O) groups excluding carboxylic acids is 1. The predicted molar refractivity (Wildman–Crippen MR) is 104 cm³/mol. The lowest BCUT2D eigenvalue weighted by molar-refractivity contribution is -0.384. The van der Waals surface area contributed by atoms with Gasteiger partial charge in [-0.3, -0.25) is 19.9 Å². The van der Waals surface area contributed by atoms with Crippen molar-refractivity contribution >= 4 is 48.9 Å². The zero-order chi connectivity index (χ0) is 19.3. The number of halogens is 1. The Kier molecular flexibility index (Phi) is 4.19. The topological polar surface area (TPSA) is 101 Å². The van der Waals surface area contributed by atoms with E-state index in [0.717, 1.165) is 4.47 Å². The number of non-ortho nitro benzene ring substituents is 1. The van der Waals surface area contributed by atoms with Crippen LogP contribution in [0.3, 0.4) is 0 Å². The SMILES string of the molecule is O=C1N(c2ccc(Br)cc2)[C@@H]2CS(=O)(=O)C[C@@H]2N1c1ccc([N+](=O)[O-])cc1. The number of fused-ring (bicyclic) bond motifs is 1. The minimum atomic E-state index is -3.29. The van der Waals surface area contributed by atoms with E-state index in [1.807, 2.05) is 0 Å². The summed E-state index contributed by atoms with van der Waals surface area (Å²) in [6.07, 6.45) is 0. The lowest BCUT2D eigenvalue weighted by atomic mass is 10.1. The van der Waals surface area contributed by atoms with E-state index in [4.69, 9.17) is 0 Å². The number of hydrogen-bond acceptors (Lipinski definition) is 5. The maximum atomic E-state index is 13.1. The lowest BCUT2D eigenvalue weighted by Crippen LogP contribution is -2.37. The van der Waals surface area contributed by atoms with Gasteiger partial charge in [-0.25, -0.2) is 13.2 Å². The quantitative estimate of drug-likeness (QED) is 0.405. The van der Waals surface area contributed by atoms with E-state index in [1.54, 1.807) is 24.3 Å². The maximum Gasteiger partial charge on any atom is 0.329 e. The molecule has 2 aliphatic heterocycles. The van der Waals surface area contributed by atoms with Gasteiger partial charge >= 0.3 is 6.03 Å². The molecule has 2 fully saturated rings. The molecular formula is C17H14BrN3O5S. The minimum absolute atomic E-state index is 0.0919. The maximum absolute atomic E-state index is 13.1. The number of nitro benzene ring substituents is 1. The van der Waals surface area contributed by atoms with Crippen LogP contribution in [0.2, 0.25) is 0 Å². The van der Waals surface area contributed by atoms with Crippen LogP contribution in [0.5, 0.6) is 0 Å². The van der Waals surface area contributed by atoms with Crippen LogP contribution in [-0.4, -0.2) is 43.0 Å². The van der Waals surface area contributed by atoms with Crippen LogP contribution >= 0.6 is 15.9 Å². The van der Waals surface area contributed by atoms with Crippen molar-refractivity contribution in [1.29, 1.82) is 0 Å². The molecule has 8 nitrogen and oxygen atoms in total. The molecule has 0 bridgehead atoms. The lowest BCUT2D eigenvalue weighted by Gasteiger charge is -2.22. The summed E-state index contributed by atoms with van der Waals surface area (Å²) in [6, 6.07) is 11.3. The smallest absolute Gasteiger partial charge is 0.288 e. The second-order valence-electron chi connectivity index (χ2n) is 6.48. The Morgan fingerprint density at radius 3 is 1.81 bits per heavy atom. The van der Waals surface area contributed by atoms with Crippen molar-refractivity contribution in [1.82, 2.24) is 0 Å². The fourth-order valence-corrected chi connectivity index (χ4v) is 5.83. The highest BCUT2D eigenvalue weighted by atomic mass is 79.9. The van der Waals surface area contributed by atoms with Gasteiger partial charge in [0.1, 0.15) is 0 Å². The van der Waals surface area contributed by atoms with Crippen LogP contribution in [0, 0.1) is 10.1 Å². The molecule has 0 unspecified atom stereocenters. The highest BCUT2D eigenvalue weighted by Crippen LogP contribution is 2.38. The molecule has 10 heteroatoms. The van der Waals surface area contributed by atoms with E-state index < -0.39 is 26.8 Å². The molecule has 0 spiro atoms. The molecule has 0 radical (unpaired) electrons. The molecule has 4 rings (SSSR count). The summed E-state index contributed by atoms with van der Waals surface area (Å²) in [4.78, 5) is 26.4. The fourth-order valence-electron chi connectivity index (χ4n) is 3.64. The molecule has 2 aromatic rings.